The average Bonchev–Trinajstić information content (AvgIpc) is 2.74. The number of nitro benzene ring substituents is 1. The van der Waals surface area contributed by atoms with Crippen LogP contribution in [0.3, 0.4) is 0 Å². The van der Waals surface area contributed by atoms with E-state index in [-0.39, 0.29) is 17.1 Å². The van der Waals surface area contributed by atoms with Crippen LogP contribution in [0, 0.1) is 21.4 Å². The van der Waals surface area contributed by atoms with Crippen molar-refractivity contribution >= 4 is 23.3 Å². The van der Waals surface area contributed by atoms with Crippen molar-refractivity contribution in [3.8, 4) is 0 Å². The van der Waals surface area contributed by atoms with Crippen molar-refractivity contribution in [3.63, 3.8) is 0 Å². The zero-order valence-corrected chi connectivity index (χ0v) is 11.9. The number of halogens is 1. The van der Waals surface area contributed by atoms with Crippen LogP contribution in [0.2, 0.25) is 5.02 Å². The number of nitrogens with zero attached hydrogens (tertiary/aromatic N) is 1. The van der Waals surface area contributed by atoms with Crippen molar-refractivity contribution in [3.05, 3.63) is 38.9 Å². The fraction of sp³-hybridized carbons (Fsp3) is 0.500. The molecule has 1 N–H and O–H groups in total. The van der Waals surface area contributed by atoms with Crippen molar-refractivity contribution in [2.24, 2.45) is 11.3 Å². The van der Waals surface area contributed by atoms with Crippen LogP contribution in [0.5, 0.6) is 0 Å². The summed E-state index contributed by atoms with van der Waals surface area (Å²) in [6.45, 7) is 2.01. The molecule has 0 bridgehead atoms. The Balaban J connectivity index is 2.42. The number of carboxylic acids is 1. The second-order valence-corrected chi connectivity index (χ2v) is 6.01. The van der Waals surface area contributed by atoms with Crippen LogP contribution in [0.25, 0.3) is 0 Å². The summed E-state index contributed by atoms with van der Waals surface area (Å²) in [5.74, 6) is -0.580. The van der Waals surface area contributed by atoms with Crippen molar-refractivity contribution in [2.45, 2.75) is 32.6 Å². The molecule has 2 rings (SSSR count). The zero-order chi connectivity index (χ0) is 14.9. The van der Waals surface area contributed by atoms with Gasteiger partial charge in [0.1, 0.15) is 0 Å². The molecular formula is C14H16ClNO4. The lowest BCUT2D eigenvalue weighted by molar-refractivity contribution is -0.385. The van der Waals surface area contributed by atoms with Gasteiger partial charge < -0.3 is 5.11 Å². The normalized spacial score (nSPS) is 25.6. The minimum Gasteiger partial charge on any atom is -0.481 e. The molecule has 1 saturated carbocycles. The van der Waals surface area contributed by atoms with E-state index in [2.05, 4.69) is 0 Å². The molecule has 0 aliphatic heterocycles. The molecule has 0 saturated heterocycles. The standard InChI is InChI=1S/C14H16ClNO4/c1-9-5-6-14(7-9,13(17)18)8-10-11(15)3-2-4-12(10)16(19)20/h2-4,9H,5-8H2,1H3,(H,17,18). The first-order chi connectivity index (χ1) is 9.35. The molecule has 1 aromatic rings. The Kier molecular flexibility index (Phi) is 3.99. The van der Waals surface area contributed by atoms with Crippen molar-refractivity contribution in [2.75, 3.05) is 0 Å². The van der Waals surface area contributed by atoms with Gasteiger partial charge in [-0.1, -0.05) is 24.6 Å². The Bertz CT molecular complexity index is 560. The largest absolute Gasteiger partial charge is 0.481 e. The summed E-state index contributed by atoms with van der Waals surface area (Å²) in [4.78, 5) is 22.2. The Morgan fingerprint density at radius 2 is 2.30 bits per heavy atom. The number of aliphatic carboxylic acids is 1. The molecule has 2 atom stereocenters. The van der Waals surface area contributed by atoms with E-state index in [9.17, 15) is 20.0 Å². The fourth-order valence-electron chi connectivity index (χ4n) is 3.06. The van der Waals surface area contributed by atoms with E-state index in [1.165, 1.54) is 12.1 Å². The van der Waals surface area contributed by atoms with E-state index >= 15 is 0 Å². The van der Waals surface area contributed by atoms with Crippen LogP contribution in [-0.2, 0) is 11.2 Å². The lowest BCUT2D eigenvalue weighted by Gasteiger charge is -2.24. The van der Waals surface area contributed by atoms with Gasteiger partial charge in [0.2, 0.25) is 0 Å². The van der Waals surface area contributed by atoms with Gasteiger partial charge in [0.15, 0.2) is 0 Å². The van der Waals surface area contributed by atoms with Crippen LogP contribution >= 0.6 is 11.6 Å². The molecule has 1 aliphatic carbocycles. The van der Waals surface area contributed by atoms with Gasteiger partial charge in [-0.05, 0) is 37.7 Å². The molecule has 2 unspecified atom stereocenters. The Hall–Kier alpha value is -1.62. The average molecular weight is 298 g/mol. The summed E-state index contributed by atoms with van der Waals surface area (Å²) in [6, 6.07) is 4.45. The van der Waals surface area contributed by atoms with Gasteiger partial charge in [-0.25, -0.2) is 0 Å². The predicted molar refractivity (Wildman–Crippen MR) is 74.9 cm³/mol. The van der Waals surface area contributed by atoms with E-state index in [0.29, 0.717) is 24.3 Å². The highest BCUT2D eigenvalue weighted by Crippen LogP contribution is 2.46. The van der Waals surface area contributed by atoms with E-state index in [1.807, 2.05) is 6.92 Å². The van der Waals surface area contributed by atoms with Gasteiger partial charge in [0.05, 0.1) is 15.4 Å². The topological polar surface area (TPSA) is 80.4 Å². The first kappa shape index (κ1) is 14.8. The second-order valence-electron chi connectivity index (χ2n) is 5.60. The number of carbonyl (C=O) groups is 1. The summed E-state index contributed by atoms with van der Waals surface area (Å²) < 4.78 is 0. The molecule has 20 heavy (non-hydrogen) atoms. The first-order valence-corrected chi connectivity index (χ1v) is 6.89. The molecule has 1 aromatic carbocycles. The fourth-order valence-corrected chi connectivity index (χ4v) is 3.29. The Morgan fingerprint density at radius 3 is 2.80 bits per heavy atom. The Morgan fingerprint density at radius 1 is 1.60 bits per heavy atom. The highest BCUT2D eigenvalue weighted by molar-refractivity contribution is 6.31. The summed E-state index contributed by atoms with van der Waals surface area (Å²) in [7, 11) is 0. The van der Waals surface area contributed by atoms with Crippen molar-refractivity contribution < 1.29 is 14.8 Å². The molecule has 108 valence electrons. The summed E-state index contributed by atoms with van der Waals surface area (Å²) in [5, 5.41) is 20.9. The summed E-state index contributed by atoms with van der Waals surface area (Å²) in [5.41, 5.74) is -0.705. The van der Waals surface area contributed by atoms with Crippen LogP contribution in [0.1, 0.15) is 31.7 Å². The molecule has 1 aliphatic rings. The zero-order valence-electron chi connectivity index (χ0n) is 11.1. The van der Waals surface area contributed by atoms with E-state index in [4.69, 9.17) is 11.6 Å². The first-order valence-electron chi connectivity index (χ1n) is 6.51. The molecule has 0 radical (unpaired) electrons. The van der Waals surface area contributed by atoms with Gasteiger partial charge in [-0.3, -0.25) is 14.9 Å². The van der Waals surface area contributed by atoms with Gasteiger partial charge in [0.25, 0.3) is 5.69 Å². The molecule has 6 heteroatoms. The molecule has 0 spiro atoms. The molecule has 0 aromatic heterocycles. The number of nitro groups is 1. The monoisotopic (exact) mass is 297 g/mol. The van der Waals surface area contributed by atoms with Gasteiger partial charge in [-0.2, -0.15) is 0 Å². The molecule has 5 nitrogen and oxygen atoms in total. The van der Waals surface area contributed by atoms with Gasteiger partial charge in [0, 0.05) is 11.6 Å². The number of rotatable bonds is 4. The maximum absolute atomic E-state index is 11.7. The SMILES string of the molecule is CC1CCC(Cc2c(Cl)cccc2[N+](=O)[O-])(C(=O)O)C1. The highest BCUT2D eigenvalue weighted by atomic mass is 35.5. The number of hydrogen-bond donors (Lipinski definition) is 1. The molecule has 0 amide bonds. The Labute approximate surface area is 121 Å². The van der Waals surface area contributed by atoms with E-state index in [0.717, 1.165) is 6.42 Å². The molecule has 1 fully saturated rings. The second kappa shape index (κ2) is 5.40. The molecule has 0 heterocycles. The quantitative estimate of drug-likeness (QED) is 0.679. The predicted octanol–water partition coefficient (Wildman–Crippen LogP) is 3.68. The maximum Gasteiger partial charge on any atom is 0.309 e. The smallest absolute Gasteiger partial charge is 0.309 e. The van der Waals surface area contributed by atoms with Crippen molar-refractivity contribution in [1.29, 1.82) is 0 Å². The third kappa shape index (κ3) is 2.63. The minimum absolute atomic E-state index is 0.0994. The lowest BCUT2D eigenvalue weighted by Crippen LogP contribution is -2.31. The van der Waals surface area contributed by atoms with Gasteiger partial charge >= 0.3 is 5.97 Å². The van der Waals surface area contributed by atoms with Gasteiger partial charge in [-0.15, -0.1) is 0 Å². The summed E-state index contributed by atoms with van der Waals surface area (Å²) in [6.07, 6.45) is 2.00. The number of benzene rings is 1. The highest BCUT2D eigenvalue weighted by Gasteiger charge is 2.45. The number of hydrogen-bond acceptors (Lipinski definition) is 3. The van der Waals surface area contributed by atoms with Crippen LogP contribution < -0.4 is 0 Å². The van der Waals surface area contributed by atoms with Crippen molar-refractivity contribution in [1.82, 2.24) is 0 Å². The molecular weight excluding hydrogens is 282 g/mol. The van der Waals surface area contributed by atoms with E-state index < -0.39 is 16.3 Å². The summed E-state index contributed by atoms with van der Waals surface area (Å²) >= 11 is 6.06. The van der Waals surface area contributed by atoms with E-state index in [1.54, 1.807) is 6.07 Å². The third-order valence-electron chi connectivity index (χ3n) is 4.11. The maximum atomic E-state index is 11.7. The number of carboxylic acid groups (broad SMARTS) is 1. The minimum atomic E-state index is -0.935. The third-order valence-corrected chi connectivity index (χ3v) is 4.47. The lowest BCUT2D eigenvalue weighted by atomic mass is 9.79. The van der Waals surface area contributed by atoms with Crippen LogP contribution in [-0.4, -0.2) is 16.0 Å². The van der Waals surface area contributed by atoms with Crippen LogP contribution in [0.4, 0.5) is 5.69 Å². The van der Waals surface area contributed by atoms with Crippen LogP contribution in [0.15, 0.2) is 18.2 Å².